The van der Waals surface area contributed by atoms with Gasteiger partial charge < -0.3 is 0 Å². The second-order valence-electron chi connectivity index (χ2n) is 11.6. The molecule has 6 aromatic carbocycles. The maximum atomic E-state index is 4.78. The summed E-state index contributed by atoms with van der Waals surface area (Å²) >= 11 is 3.75. The zero-order valence-electron chi connectivity index (χ0n) is 24.4. The molecule has 3 aliphatic rings. The molecule has 0 saturated heterocycles. The van der Waals surface area contributed by atoms with Gasteiger partial charge >= 0.3 is 0 Å². The van der Waals surface area contributed by atoms with E-state index in [0.29, 0.717) is 0 Å². The van der Waals surface area contributed by atoms with Gasteiger partial charge in [-0.15, -0.1) is 0 Å². The Kier molecular flexibility index (Phi) is 6.49. The van der Waals surface area contributed by atoms with E-state index in [0.717, 1.165) is 12.1 Å². The Morgan fingerprint density at radius 3 is 2.00 bits per heavy atom. The molecule has 45 heavy (non-hydrogen) atoms. The van der Waals surface area contributed by atoms with Crippen molar-refractivity contribution in [2.24, 2.45) is 4.99 Å². The summed E-state index contributed by atoms with van der Waals surface area (Å²) in [6.07, 6.45) is 13.5. The fraction of sp³-hybridized carbons (Fsp3) is 0.0476. The van der Waals surface area contributed by atoms with Gasteiger partial charge in [-0.3, -0.25) is 0 Å². The summed E-state index contributed by atoms with van der Waals surface area (Å²) in [5.74, 6) is 0.220. The molecule has 1 unspecified atom stereocenters. The van der Waals surface area contributed by atoms with Gasteiger partial charge in [0.25, 0.3) is 0 Å². The first-order valence-corrected chi connectivity index (χ1v) is 16.9. The fourth-order valence-corrected chi connectivity index (χ4v) is 9.05. The maximum absolute atomic E-state index is 4.78. The molecule has 212 valence electrons. The third kappa shape index (κ3) is 4.72. The number of allylic oxidation sites excluding steroid dienone is 6. The molecule has 9 rings (SSSR count). The predicted octanol–water partition coefficient (Wildman–Crippen LogP) is 11.9. The molecule has 0 saturated carbocycles. The van der Waals surface area contributed by atoms with Crippen LogP contribution in [0.15, 0.2) is 181 Å². The van der Waals surface area contributed by atoms with Crippen LogP contribution in [0, 0.1) is 0 Å². The molecule has 0 N–H and O–H groups in total. The Balaban J connectivity index is 1.19. The number of fused-ring (bicyclic) bond motifs is 8. The van der Waals surface area contributed by atoms with Gasteiger partial charge in [0.15, 0.2) is 0 Å². The van der Waals surface area contributed by atoms with Crippen molar-refractivity contribution in [3.8, 4) is 0 Å². The van der Waals surface area contributed by atoms with Gasteiger partial charge in [-0.2, -0.15) is 0 Å². The number of aliphatic imine (C=N–C) groups is 1. The molecule has 2 heterocycles. The van der Waals surface area contributed by atoms with E-state index in [9.17, 15) is 0 Å². The third-order valence-corrected chi connectivity index (χ3v) is 11.5. The summed E-state index contributed by atoms with van der Waals surface area (Å²) in [6.45, 7) is 0. The Hall–Kier alpha value is -4.79. The van der Waals surface area contributed by atoms with Crippen molar-refractivity contribution in [1.29, 1.82) is 0 Å². The molecule has 1 atom stereocenters. The summed E-state index contributed by atoms with van der Waals surface area (Å²) in [5, 5.41) is 7.77. The van der Waals surface area contributed by atoms with Gasteiger partial charge in [0, 0.05) is 31.7 Å². The van der Waals surface area contributed by atoms with Gasteiger partial charge in [-0.25, -0.2) is 4.99 Å². The molecule has 0 fully saturated rings. The van der Waals surface area contributed by atoms with Crippen molar-refractivity contribution in [3.63, 3.8) is 0 Å². The van der Waals surface area contributed by atoms with Crippen LogP contribution in [0.2, 0.25) is 0 Å². The molecular weight excluding hydrogens is 583 g/mol. The van der Waals surface area contributed by atoms with Crippen LogP contribution in [0.25, 0.3) is 37.9 Å². The summed E-state index contributed by atoms with van der Waals surface area (Å²) in [5.41, 5.74) is 9.34. The molecule has 0 radical (unpaired) electrons. The van der Waals surface area contributed by atoms with Crippen molar-refractivity contribution in [2.45, 2.75) is 31.9 Å². The van der Waals surface area contributed by atoms with E-state index in [2.05, 4.69) is 127 Å². The molecule has 2 aliphatic heterocycles. The number of hydrogen-bond acceptors (Lipinski definition) is 3. The second-order valence-corrected chi connectivity index (χ2v) is 13.8. The molecule has 1 nitrogen and oxygen atoms in total. The zero-order valence-corrected chi connectivity index (χ0v) is 26.0. The van der Waals surface area contributed by atoms with Crippen LogP contribution in [0.5, 0.6) is 0 Å². The number of benzene rings is 6. The Morgan fingerprint density at radius 1 is 0.600 bits per heavy atom. The highest BCUT2D eigenvalue weighted by atomic mass is 32.2. The average molecular weight is 610 g/mol. The van der Waals surface area contributed by atoms with Crippen LogP contribution in [0.4, 0.5) is 0 Å². The first-order chi connectivity index (χ1) is 22.3. The van der Waals surface area contributed by atoms with Crippen LogP contribution in [-0.4, -0.2) is 6.21 Å². The summed E-state index contributed by atoms with van der Waals surface area (Å²) in [4.78, 5) is 10.1. The monoisotopic (exact) mass is 609 g/mol. The topological polar surface area (TPSA) is 12.4 Å². The van der Waals surface area contributed by atoms with E-state index in [4.69, 9.17) is 4.99 Å². The van der Waals surface area contributed by atoms with E-state index in [1.54, 1.807) is 0 Å². The van der Waals surface area contributed by atoms with Crippen molar-refractivity contribution in [1.82, 2.24) is 0 Å². The van der Waals surface area contributed by atoms with Gasteiger partial charge in [0.2, 0.25) is 0 Å². The minimum Gasteiger partial charge on any atom is -0.248 e. The first-order valence-electron chi connectivity index (χ1n) is 15.3. The molecular formula is C42H27NS2. The lowest BCUT2D eigenvalue weighted by molar-refractivity contribution is 0.814. The van der Waals surface area contributed by atoms with Crippen molar-refractivity contribution >= 4 is 67.6 Å². The number of rotatable bonds is 3. The third-order valence-electron chi connectivity index (χ3n) is 8.93. The second kappa shape index (κ2) is 11.0. The normalized spacial score (nSPS) is 17.1. The molecule has 0 aromatic heterocycles. The lowest BCUT2D eigenvalue weighted by Crippen LogP contribution is -2.06. The SMILES string of the molecule is C1=CC=CC=NC=1C1=CC(c2ccc3c4ccccc4c4ccccc4c3c2)=CC(c2ccc3c(c2)Sc2ccccc2S3)C1. The summed E-state index contributed by atoms with van der Waals surface area (Å²) in [7, 11) is 0. The van der Waals surface area contributed by atoms with Crippen LogP contribution >= 0.6 is 23.5 Å². The van der Waals surface area contributed by atoms with Gasteiger partial charge in [-0.05, 0) is 110 Å². The quantitative estimate of drug-likeness (QED) is 0.146. The van der Waals surface area contributed by atoms with E-state index in [1.807, 2.05) is 48.0 Å². The fourth-order valence-electron chi connectivity index (χ4n) is 6.79. The Bertz CT molecular complexity index is 2360. The molecule has 0 bridgehead atoms. The van der Waals surface area contributed by atoms with Crippen LogP contribution < -0.4 is 0 Å². The highest BCUT2D eigenvalue weighted by Crippen LogP contribution is 2.50. The van der Waals surface area contributed by atoms with Crippen LogP contribution in [0.1, 0.15) is 23.5 Å². The first kappa shape index (κ1) is 26.6. The van der Waals surface area contributed by atoms with E-state index in [1.165, 1.54) is 74.2 Å². The highest BCUT2D eigenvalue weighted by molar-refractivity contribution is 8.05. The minimum absolute atomic E-state index is 0.220. The van der Waals surface area contributed by atoms with Gasteiger partial charge in [0.1, 0.15) is 5.70 Å². The van der Waals surface area contributed by atoms with Crippen molar-refractivity contribution in [3.05, 3.63) is 168 Å². The lowest BCUT2D eigenvalue weighted by atomic mass is 9.82. The highest BCUT2D eigenvalue weighted by Gasteiger charge is 2.24. The molecule has 1 aliphatic carbocycles. The van der Waals surface area contributed by atoms with Crippen molar-refractivity contribution < 1.29 is 0 Å². The molecule has 0 amide bonds. The molecule has 3 heteroatoms. The van der Waals surface area contributed by atoms with Gasteiger partial charge in [-0.1, -0.05) is 120 Å². The van der Waals surface area contributed by atoms with E-state index >= 15 is 0 Å². The minimum atomic E-state index is 0.220. The van der Waals surface area contributed by atoms with E-state index in [-0.39, 0.29) is 5.92 Å². The number of nitrogens with zero attached hydrogens (tertiary/aromatic N) is 1. The molecule has 6 aromatic rings. The zero-order chi connectivity index (χ0) is 29.7. The number of hydrogen-bond donors (Lipinski definition) is 0. The van der Waals surface area contributed by atoms with Crippen LogP contribution in [0.3, 0.4) is 0 Å². The maximum Gasteiger partial charge on any atom is 0.108 e. The standard InChI is InChI=1S/C42H27NS2/c1-2-14-38(43-21-9-1)31-23-29(22-30(24-31)28-18-20-41-42(26-28)45-40-16-8-7-15-39(40)44-41)27-17-19-36-34-12-4-3-10-32(34)33-11-5-6-13-35(33)37(36)25-27/h1-13,15-23,25-26,30H,24H2. The van der Waals surface area contributed by atoms with Crippen LogP contribution in [-0.2, 0) is 0 Å². The van der Waals surface area contributed by atoms with Gasteiger partial charge in [0.05, 0.1) is 0 Å². The molecule has 0 spiro atoms. The lowest BCUT2D eigenvalue weighted by Gasteiger charge is -2.25. The summed E-state index contributed by atoms with van der Waals surface area (Å²) in [6, 6.07) is 40.3. The smallest absolute Gasteiger partial charge is 0.108 e. The Labute approximate surface area is 271 Å². The van der Waals surface area contributed by atoms with E-state index < -0.39 is 0 Å². The summed E-state index contributed by atoms with van der Waals surface area (Å²) < 4.78 is 0. The Morgan fingerprint density at radius 2 is 1.24 bits per heavy atom. The van der Waals surface area contributed by atoms with Crippen molar-refractivity contribution in [2.75, 3.05) is 0 Å². The average Bonchev–Trinajstić information content (AvgIpc) is 3.40. The largest absolute Gasteiger partial charge is 0.248 e. The predicted molar refractivity (Wildman–Crippen MR) is 193 cm³/mol.